The Bertz CT molecular complexity index is 460. The van der Waals surface area contributed by atoms with E-state index in [0.717, 1.165) is 12.5 Å². The topological polar surface area (TPSA) is 110 Å². The van der Waals surface area contributed by atoms with Gasteiger partial charge in [0.25, 0.3) is 5.69 Å². The number of aliphatic hydroxyl groups excluding tert-OH is 1. The van der Waals surface area contributed by atoms with Gasteiger partial charge in [-0.2, -0.15) is 0 Å². The van der Waals surface area contributed by atoms with Crippen LogP contribution in [0.1, 0.15) is 29.6 Å². The van der Waals surface area contributed by atoms with Crippen molar-refractivity contribution < 1.29 is 24.7 Å². The second-order valence-electron chi connectivity index (χ2n) is 3.85. The number of nitro groups is 1. The monoisotopic (exact) mass is 269 g/mol. The van der Waals surface area contributed by atoms with Crippen LogP contribution in [0.15, 0.2) is 18.2 Å². The van der Waals surface area contributed by atoms with Crippen LogP contribution in [0.3, 0.4) is 0 Å². The lowest BCUT2D eigenvalue weighted by Crippen LogP contribution is -2.07. The summed E-state index contributed by atoms with van der Waals surface area (Å²) in [5.74, 6) is -1.40. The van der Waals surface area contributed by atoms with Gasteiger partial charge in [0, 0.05) is 12.7 Å². The number of aromatic carboxylic acids is 1. The van der Waals surface area contributed by atoms with Gasteiger partial charge in [-0.3, -0.25) is 10.1 Å². The summed E-state index contributed by atoms with van der Waals surface area (Å²) in [6.45, 7) is 0.346. The Morgan fingerprint density at radius 3 is 2.63 bits per heavy atom. The first kappa shape index (κ1) is 14.9. The minimum atomic E-state index is -1.39. The van der Waals surface area contributed by atoms with E-state index in [1.165, 1.54) is 12.1 Å². The lowest BCUT2D eigenvalue weighted by molar-refractivity contribution is -0.385. The van der Waals surface area contributed by atoms with Gasteiger partial charge < -0.3 is 14.9 Å². The van der Waals surface area contributed by atoms with Crippen LogP contribution in [0, 0.1) is 10.1 Å². The quantitative estimate of drug-likeness (QED) is 0.423. The van der Waals surface area contributed by atoms with E-state index < -0.39 is 22.1 Å². The molecule has 0 radical (unpaired) electrons. The molecule has 0 bridgehead atoms. The molecule has 0 atom stereocenters. The fourth-order valence-corrected chi connectivity index (χ4v) is 1.58. The zero-order valence-electron chi connectivity index (χ0n) is 10.2. The number of rotatable bonds is 8. The second-order valence-corrected chi connectivity index (χ2v) is 3.85. The third-order valence-corrected chi connectivity index (χ3v) is 2.47. The van der Waals surface area contributed by atoms with Crippen LogP contribution in [0.5, 0.6) is 5.75 Å². The highest BCUT2D eigenvalue weighted by Crippen LogP contribution is 2.28. The molecule has 0 saturated carbocycles. The summed E-state index contributed by atoms with van der Waals surface area (Å²) in [5.41, 5.74) is -0.921. The van der Waals surface area contributed by atoms with E-state index in [4.69, 9.17) is 14.9 Å². The Balaban J connectivity index is 2.80. The molecule has 0 fully saturated rings. The summed E-state index contributed by atoms with van der Waals surface area (Å²) in [6, 6.07) is 3.90. The van der Waals surface area contributed by atoms with E-state index in [2.05, 4.69) is 0 Å². The number of nitro benzene ring substituents is 1. The molecule has 0 aromatic heterocycles. The van der Waals surface area contributed by atoms with Crippen molar-refractivity contribution in [3.63, 3.8) is 0 Å². The molecule has 2 N–H and O–H groups in total. The van der Waals surface area contributed by atoms with E-state index in [1.54, 1.807) is 0 Å². The summed E-state index contributed by atoms with van der Waals surface area (Å²) in [6.07, 6.45) is 2.03. The van der Waals surface area contributed by atoms with E-state index in [1.807, 2.05) is 0 Å². The maximum atomic E-state index is 11.1. The first-order valence-corrected chi connectivity index (χ1v) is 5.82. The Hall–Kier alpha value is -2.15. The molecular formula is C12H15NO6. The fourth-order valence-electron chi connectivity index (χ4n) is 1.58. The molecule has 7 nitrogen and oxygen atoms in total. The first-order valence-electron chi connectivity index (χ1n) is 5.82. The number of carboxylic acid groups (broad SMARTS) is 1. The number of carbonyl (C=O) groups is 1. The van der Waals surface area contributed by atoms with Gasteiger partial charge in [-0.1, -0.05) is 6.07 Å². The van der Waals surface area contributed by atoms with Crippen molar-refractivity contribution in [3.05, 3.63) is 33.9 Å². The lowest BCUT2D eigenvalue weighted by atomic mass is 10.1. The van der Waals surface area contributed by atoms with Crippen molar-refractivity contribution in [1.82, 2.24) is 0 Å². The van der Waals surface area contributed by atoms with Crippen molar-refractivity contribution in [2.45, 2.75) is 19.3 Å². The lowest BCUT2D eigenvalue weighted by Gasteiger charge is -2.08. The zero-order valence-corrected chi connectivity index (χ0v) is 10.2. The fraction of sp³-hybridized carbons (Fsp3) is 0.417. The molecule has 0 aliphatic rings. The number of ether oxygens (including phenoxy) is 1. The molecule has 0 heterocycles. The van der Waals surface area contributed by atoms with Crippen LogP contribution in [0.25, 0.3) is 0 Å². The van der Waals surface area contributed by atoms with Crippen molar-refractivity contribution in [1.29, 1.82) is 0 Å². The van der Waals surface area contributed by atoms with Gasteiger partial charge in [0.05, 0.1) is 11.5 Å². The molecule has 1 aromatic carbocycles. The molecule has 0 saturated heterocycles. The number of benzene rings is 1. The SMILES string of the molecule is O=C(O)c1c(OCCCCCO)cccc1[N+](=O)[O-]. The van der Waals surface area contributed by atoms with E-state index in [0.29, 0.717) is 12.8 Å². The number of unbranched alkanes of at least 4 members (excludes halogenated alkanes) is 2. The van der Waals surface area contributed by atoms with Crippen LogP contribution < -0.4 is 4.74 Å². The number of hydrogen-bond acceptors (Lipinski definition) is 5. The largest absolute Gasteiger partial charge is 0.492 e. The Kier molecular flexibility index (Phi) is 5.74. The van der Waals surface area contributed by atoms with Gasteiger partial charge >= 0.3 is 5.97 Å². The predicted molar refractivity (Wildman–Crippen MR) is 66.5 cm³/mol. The van der Waals surface area contributed by atoms with Crippen molar-refractivity contribution in [2.24, 2.45) is 0 Å². The van der Waals surface area contributed by atoms with Gasteiger partial charge in [-0.25, -0.2) is 4.79 Å². The van der Waals surface area contributed by atoms with Crippen LogP contribution in [-0.4, -0.2) is 34.3 Å². The Labute approximate surface area is 109 Å². The maximum Gasteiger partial charge on any atom is 0.346 e. The highest BCUT2D eigenvalue weighted by Gasteiger charge is 2.24. The molecule has 104 valence electrons. The molecule has 0 amide bonds. The highest BCUT2D eigenvalue weighted by molar-refractivity contribution is 5.95. The standard InChI is InChI=1S/C12H15NO6/c14-7-2-1-3-8-19-10-6-4-5-9(13(17)18)11(10)12(15)16/h4-6,14H,1-3,7-8H2,(H,15,16). The third kappa shape index (κ3) is 4.22. The number of nitrogens with zero attached hydrogens (tertiary/aromatic N) is 1. The molecule has 0 unspecified atom stereocenters. The Morgan fingerprint density at radius 1 is 1.32 bits per heavy atom. The summed E-state index contributed by atoms with van der Waals surface area (Å²) in [7, 11) is 0. The number of hydrogen-bond donors (Lipinski definition) is 2. The number of aliphatic hydroxyl groups is 1. The van der Waals surface area contributed by atoms with E-state index >= 15 is 0 Å². The van der Waals surface area contributed by atoms with Crippen molar-refractivity contribution >= 4 is 11.7 Å². The zero-order chi connectivity index (χ0) is 14.3. The van der Waals surface area contributed by atoms with Gasteiger partial charge in [0.2, 0.25) is 0 Å². The van der Waals surface area contributed by atoms with Gasteiger partial charge in [0.15, 0.2) is 5.56 Å². The maximum absolute atomic E-state index is 11.1. The molecule has 19 heavy (non-hydrogen) atoms. The summed E-state index contributed by atoms with van der Waals surface area (Å²) in [4.78, 5) is 21.1. The molecule has 0 aliphatic heterocycles. The minimum Gasteiger partial charge on any atom is -0.492 e. The van der Waals surface area contributed by atoms with Crippen molar-refractivity contribution in [2.75, 3.05) is 13.2 Å². The average Bonchev–Trinajstić information content (AvgIpc) is 2.37. The summed E-state index contributed by atoms with van der Waals surface area (Å²) in [5, 5.41) is 28.4. The van der Waals surface area contributed by atoms with Crippen LogP contribution >= 0.6 is 0 Å². The third-order valence-electron chi connectivity index (χ3n) is 2.47. The minimum absolute atomic E-state index is 0.00861. The highest BCUT2D eigenvalue weighted by atomic mass is 16.6. The predicted octanol–water partition coefficient (Wildman–Crippen LogP) is 1.83. The molecule has 7 heteroatoms. The van der Waals surface area contributed by atoms with Gasteiger partial charge in [-0.05, 0) is 25.3 Å². The average molecular weight is 269 g/mol. The van der Waals surface area contributed by atoms with Gasteiger partial charge in [-0.15, -0.1) is 0 Å². The Morgan fingerprint density at radius 2 is 2.05 bits per heavy atom. The van der Waals surface area contributed by atoms with Crippen molar-refractivity contribution in [3.8, 4) is 5.75 Å². The second kappa shape index (κ2) is 7.32. The molecule has 0 spiro atoms. The number of carboxylic acids is 1. The summed E-state index contributed by atoms with van der Waals surface area (Å²) >= 11 is 0. The molecule has 1 aromatic rings. The van der Waals surface area contributed by atoms with Crippen LogP contribution in [0.2, 0.25) is 0 Å². The first-order chi connectivity index (χ1) is 9.07. The van der Waals surface area contributed by atoms with Crippen LogP contribution in [0.4, 0.5) is 5.69 Å². The van der Waals surface area contributed by atoms with Gasteiger partial charge in [0.1, 0.15) is 5.75 Å². The summed E-state index contributed by atoms with van der Waals surface area (Å²) < 4.78 is 5.27. The normalized spacial score (nSPS) is 10.2. The molecular weight excluding hydrogens is 254 g/mol. The smallest absolute Gasteiger partial charge is 0.346 e. The molecule has 0 aliphatic carbocycles. The van der Waals surface area contributed by atoms with E-state index in [-0.39, 0.29) is 19.0 Å². The molecule has 1 rings (SSSR count). The van der Waals surface area contributed by atoms with Crippen LogP contribution in [-0.2, 0) is 0 Å². The van der Waals surface area contributed by atoms with E-state index in [9.17, 15) is 14.9 Å².